The number of hydrogen-bond donors (Lipinski definition) is 6. The van der Waals surface area contributed by atoms with E-state index in [1.54, 1.807) is 6.08 Å². The van der Waals surface area contributed by atoms with Crippen LogP contribution in [0.1, 0.15) is 219 Å². The van der Waals surface area contributed by atoms with Crippen molar-refractivity contribution in [1.29, 1.82) is 0 Å². The highest BCUT2D eigenvalue weighted by atomic mass is 16.7. The molecule has 7 atom stereocenters. The molecule has 0 aromatic rings. The fourth-order valence-electron chi connectivity index (χ4n) is 7.64. The topological polar surface area (TPSA) is 149 Å². The lowest BCUT2D eigenvalue weighted by Crippen LogP contribution is -2.60. The van der Waals surface area contributed by atoms with Crippen LogP contribution in [0.3, 0.4) is 0 Å². The molecule has 1 rings (SSSR count). The molecule has 9 nitrogen and oxygen atoms in total. The van der Waals surface area contributed by atoms with Crippen molar-refractivity contribution in [2.24, 2.45) is 0 Å². The quantitative estimate of drug-likeness (QED) is 0.0265. The minimum Gasteiger partial charge on any atom is -0.394 e. The van der Waals surface area contributed by atoms with E-state index in [1.807, 2.05) is 6.08 Å². The Morgan fingerprint density at radius 3 is 1.47 bits per heavy atom. The standard InChI is InChI=1S/C48H91NO8/c1-3-5-7-9-11-13-14-15-16-17-18-19-20-21-22-23-24-25-26-27-28-29-30-31-33-35-37-42(51)41(49-44(52)38-36-34-32-12-10-8-6-4-2)40-56-48-47(55)46(54)45(53)43(39-50)57-48/h29-30,35,37,41-43,45-48,50-51,53-55H,3-28,31-34,36,38-40H2,1-2H3,(H,49,52)/b30-29+,37-35+. The second-order valence-corrected chi connectivity index (χ2v) is 16.9. The van der Waals surface area contributed by atoms with E-state index >= 15 is 0 Å². The molecule has 1 saturated heterocycles. The summed E-state index contributed by atoms with van der Waals surface area (Å²) >= 11 is 0. The minimum absolute atomic E-state index is 0.191. The van der Waals surface area contributed by atoms with Gasteiger partial charge >= 0.3 is 0 Å². The van der Waals surface area contributed by atoms with Crippen molar-refractivity contribution in [2.75, 3.05) is 13.2 Å². The normalized spacial score (nSPS) is 21.1. The molecule has 1 amide bonds. The van der Waals surface area contributed by atoms with Crippen molar-refractivity contribution in [3.63, 3.8) is 0 Å². The zero-order valence-electron chi connectivity index (χ0n) is 36.9. The molecule has 1 aliphatic rings. The lowest BCUT2D eigenvalue weighted by atomic mass is 9.99. The third-order valence-electron chi connectivity index (χ3n) is 11.5. The van der Waals surface area contributed by atoms with E-state index in [0.29, 0.717) is 6.42 Å². The minimum atomic E-state index is -1.57. The fourth-order valence-corrected chi connectivity index (χ4v) is 7.64. The van der Waals surface area contributed by atoms with Crippen LogP contribution in [0.25, 0.3) is 0 Å². The number of hydrogen-bond acceptors (Lipinski definition) is 8. The first-order valence-electron chi connectivity index (χ1n) is 24.1. The highest BCUT2D eigenvalue weighted by molar-refractivity contribution is 5.76. The average molecular weight is 810 g/mol. The molecule has 1 fully saturated rings. The summed E-state index contributed by atoms with van der Waals surface area (Å²) in [7, 11) is 0. The Bertz CT molecular complexity index is 945. The molecule has 0 aromatic heterocycles. The molecule has 6 N–H and O–H groups in total. The second-order valence-electron chi connectivity index (χ2n) is 16.9. The lowest BCUT2D eigenvalue weighted by molar-refractivity contribution is -0.302. The van der Waals surface area contributed by atoms with Gasteiger partial charge in [0.05, 0.1) is 25.4 Å². The van der Waals surface area contributed by atoms with Crippen LogP contribution >= 0.6 is 0 Å². The summed E-state index contributed by atoms with van der Waals surface area (Å²) in [6.45, 7) is 3.73. The zero-order chi connectivity index (χ0) is 41.6. The number of unbranched alkanes of at least 4 members (excludes halogenated alkanes) is 28. The SMILES string of the molecule is CCCCCCCCCCCCCCCCCCCCCC/C=C/CC/C=C/C(O)C(COC1OC(CO)C(O)C(O)C1O)NC(=O)CCCCCCCCCC. The van der Waals surface area contributed by atoms with E-state index in [-0.39, 0.29) is 12.5 Å². The summed E-state index contributed by atoms with van der Waals surface area (Å²) in [6.07, 6.45) is 39.8. The fraction of sp³-hybridized carbons (Fsp3) is 0.896. The number of aliphatic hydroxyl groups excluding tert-OH is 5. The first kappa shape index (κ1) is 53.7. The molecule has 0 aromatic carbocycles. The lowest BCUT2D eigenvalue weighted by Gasteiger charge is -2.40. The van der Waals surface area contributed by atoms with Gasteiger partial charge < -0.3 is 40.3 Å². The van der Waals surface area contributed by atoms with Crippen molar-refractivity contribution in [2.45, 2.75) is 262 Å². The van der Waals surface area contributed by atoms with Crippen LogP contribution in [0, 0.1) is 0 Å². The summed E-state index contributed by atoms with van der Waals surface area (Å²) in [4.78, 5) is 12.8. The number of aliphatic hydroxyl groups is 5. The van der Waals surface area contributed by atoms with Gasteiger partial charge in [-0.1, -0.05) is 205 Å². The van der Waals surface area contributed by atoms with Crippen LogP contribution in [0.15, 0.2) is 24.3 Å². The summed E-state index contributed by atoms with van der Waals surface area (Å²) in [5.41, 5.74) is 0. The molecule has 1 aliphatic heterocycles. The highest BCUT2D eigenvalue weighted by Crippen LogP contribution is 2.23. The maximum atomic E-state index is 12.8. The van der Waals surface area contributed by atoms with Gasteiger partial charge in [0.15, 0.2) is 6.29 Å². The summed E-state index contributed by atoms with van der Waals surface area (Å²) < 4.78 is 11.2. The third-order valence-corrected chi connectivity index (χ3v) is 11.5. The molecule has 0 spiro atoms. The van der Waals surface area contributed by atoms with E-state index in [4.69, 9.17) is 9.47 Å². The van der Waals surface area contributed by atoms with Gasteiger partial charge in [-0.2, -0.15) is 0 Å². The Labute approximate surface area is 349 Å². The molecule has 0 radical (unpaired) electrons. The van der Waals surface area contributed by atoms with Gasteiger partial charge in [-0.25, -0.2) is 0 Å². The largest absolute Gasteiger partial charge is 0.394 e. The smallest absolute Gasteiger partial charge is 0.220 e. The Kier molecular flexibility index (Phi) is 36.6. The van der Waals surface area contributed by atoms with E-state index in [0.717, 1.165) is 38.5 Å². The van der Waals surface area contributed by atoms with E-state index in [2.05, 4.69) is 31.3 Å². The molecular formula is C48H91NO8. The molecule has 57 heavy (non-hydrogen) atoms. The van der Waals surface area contributed by atoms with Gasteiger partial charge in [0.25, 0.3) is 0 Å². The van der Waals surface area contributed by atoms with Gasteiger partial charge in [-0.05, 0) is 32.1 Å². The molecule has 0 saturated carbocycles. The molecule has 1 heterocycles. The van der Waals surface area contributed by atoms with Gasteiger partial charge in [0, 0.05) is 6.42 Å². The van der Waals surface area contributed by atoms with E-state index < -0.39 is 49.5 Å². The Morgan fingerprint density at radius 1 is 0.579 bits per heavy atom. The number of amides is 1. The first-order valence-corrected chi connectivity index (χ1v) is 24.1. The number of carbonyl (C=O) groups excluding carboxylic acids is 1. The van der Waals surface area contributed by atoms with Gasteiger partial charge in [0.1, 0.15) is 24.4 Å². The van der Waals surface area contributed by atoms with Gasteiger partial charge in [0.2, 0.25) is 5.91 Å². The Morgan fingerprint density at radius 2 is 1.00 bits per heavy atom. The second kappa shape index (κ2) is 38.8. The van der Waals surface area contributed by atoms with Gasteiger partial charge in [-0.3, -0.25) is 4.79 Å². The average Bonchev–Trinajstić information content (AvgIpc) is 3.21. The molecule has 0 aliphatic carbocycles. The summed E-state index contributed by atoms with van der Waals surface area (Å²) in [6, 6.07) is -0.815. The van der Waals surface area contributed by atoms with Crippen molar-refractivity contribution in [3.8, 4) is 0 Å². The number of ether oxygens (including phenoxy) is 2. The van der Waals surface area contributed by atoms with Crippen LogP contribution in [0.5, 0.6) is 0 Å². The molecule has 336 valence electrons. The van der Waals surface area contributed by atoms with E-state index in [1.165, 1.54) is 161 Å². The third kappa shape index (κ3) is 29.5. The number of nitrogens with one attached hydrogen (secondary N) is 1. The highest BCUT2D eigenvalue weighted by Gasteiger charge is 2.44. The van der Waals surface area contributed by atoms with Crippen molar-refractivity contribution >= 4 is 5.91 Å². The molecular weight excluding hydrogens is 719 g/mol. The molecule has 7 unspecified atom stereocenters. The molecule has 9 heteroatoms. The van der Waals surface area contributed by atoms with Crippen LogP contribution in [0.2, 0.25) is 0 Å². The van der Waals surface area contributed by atoms with Crippen molar-refractivity contribution in [3.05, 3.63) is 24.3 Å². The summed E-state index contributed by atoms with van der Waals surface area (Å²) in [5, 5.41) is 54.0. The predicted molar refractivity (Wildman–Crippen MR) is 235 cm³/mol. The van der Waals surface area contributed by atoms with Gasteiger partial charge in [-0.15, -0.1) is 0 Å². The first-order chi connectivity index (χ1) is 27.8. The molecule has 0 bridgehead atoms. The maximum absolute atomic E-state index is 12.8. The number of allylic oxidation sites excluding steroid dienone is 3. The van der Waals surface area contributed by atoms with Crippen molar-refractivity contribution in [1.82, 2.24) is 5.32 Å². The van der Waals surface area contributed by atoms with E-state index in [9.17, 15) is 30.3 Å². The Balaban J connectivity index is 2.23. The Hall–Kier alpha value is -1.33. The monoisotopic (exact) mass is 810 g/mol. The maximum Gasteiger partial charge on any atom is 0.220 e. The van der Waals surface area contributed by atoms with Crippen LogP contribution in [0.4, 0.5) is 0 Å². The predicted octanol–water partition coefficient (Wildman–Crippen LogP) is 10.3. The van der Waals surface area contributed by atoms with Crippen LogP contribution < -0.4 is 5.32 Å². The van der Waals surface area contributed by atoms with Crippen LogP contribution in [-0.2, 0) is 14.3 Å². The number of rotatable bonds is 40. The van der Waals surface area contributed by atoms with Crippen LogP contribution in [-0.4, -0.2) is 87.5 Å². The van der Waals surface area contributed by atoms with Crippen molar-refractivity contribution < 1.29 is 39.8 Å². The zero-order valence-corrected chi connectivity index (χ0v) is 36.9. The number of carbonyl (C=O) groups is 1. The summed E-state index contributed by atoms with van der Waals surface area (Å²) in [5.74, 6) is -0.191.